The molecule has 1 N–H and O–H groups in total. The summed E-state index contributed by atoms with van der Waals surface area (Å²) < 4.78 is 9.30. The second-order valence-corrected chi connectivity index (χ2v) is 3.64. The molecule has 0 atom stereocenters. The van der Waals surface area contributed by atoms with Crippen LogP contribution in [0.2, 0.25) is 0 Å². The Kier molecular flexibility index (Phi) is 5.69. The van der Waals surface area contributed by atoms with Gasteiger partial charge in [-0.1, -0.05) is 12.1 Å². The van der Waals surface area contributed by atoms with E-state index in [0.717, 1.165) is 6.92 Å². The zero-order valence-corrected chi connectivity index (χ0v) is 10.4. The van der Waals surface area contributed by atoms with Gasteiger partial charge in [-0.3, -0.25) is 4.79 Å². The predicted octanol–water partition coefficient (Wildman–Crippen LogP) is 0.929. The third-order valence-electron chi connectivity index (χ3n) is 2.14. The van der Waals surface area contributed by atoms with Gasteiger partial charge in [0.1, 0.15) is 0 Å². The molecule has 0 aliphatic carbocycles. The van der Waals surface area contributed by atoms with Crippen LogP contribution in [0.15, 0.2) is 24.3 Å². The molecule has 0 saturated carbocycles. The molecule has 1 aromatic rings. The van der Waals surface area contributed by atoms with Gasteiger partial charge < -0.3 is 14.6 Å². The van der Waals surface area contributed by atoms with E-state index in [9.17, 15) is 14.4 Å². The third kappa shape index (κ3) is 4.51. The lowest BCUT2D eigenvalue weighted by atomic mass is 10.1. The highest BCUT2D eigenvalue weighted by molar-refractivity contribution is 6.05. The minimum atomic E-state index is -0.901. The van der Waals surface area contributed by atoms with Gasteiger partial charge in [-0.15, -0.1) is 0 Å². The summed E-state index contributed by atoms with van der Waals surface area (Å²) in [6.45, 7) is 1.05. The van der Waals surface area contributed by atoms with E-state index < -0.39 is 17.9 Å². The number of benzene rings is 1. The summed E-state index contributed by atoms with van der Waals surface area (Å²) in [7, 11) is 0. The van der Waals surface area contributed by atoms with Crippen molar-refractivity contribution in [2.45, 2.75) is 13.3 Å². The van der Waals surface area contributed by atoms with Crippen molar-refractivity contribution < 1.29 is 29.0 Å². The fraction of sp³-hybridized carbons (Fsp3) is 0.308. The van der Waals surface area contributed by atoms with Crippen LogP contribution in [0.25, 0.3) is 0 Å². The lowest BCUT2D eigenvalue weighted by molar-refractivity contribution is -0.135. The van der Waals surface area contributed by atoms with E-state index in [2.05, 4.69) is 4.74 Å². The van der Waals surface area contributed by atoms with Crippen molar-refractivity contribution >= 4 is 17.9 Å². The molecular formula is C13H14O6. The van der Waals surface area contributed by atoms with Crippen LogP contribution in [-0.2, 0) is 14.3 Å². The van der Waals surface area contributed by atoms with Gasteiger partial charge in [-0.25, -0.2) is 9.59 Å². The van der Waals surface area contributed by atoms with E-state index in [1.165, 1.54) is 12.1 Å². The zero-order valence-electron chi connectivity index (χ0n) is 10.4. The van der Waals surface area contributed by atoms with Crippen LogP contribution in [0.4, 0.5) is 0 Å². The Labute approximate surface area is 109 Å². The normalized spacial score (nSPS) is 9.79. The van der Waals surface area contributed by atoms with Crippen molar-refractivity contribution in [3.05, 3.63) is 35.4 Å². The van der Waals surface area contributed by atoms with Gasteiger partial charge in [0.25, 0.3) is 0 Å². The highest BCUT2D eigenvalue weighted by Gasteiger charge is 2.19. The topological polar surface area (TPSA) is 89.9 Å². The summed E-state index contributed by atoms with van der Waals surface area (Å²) >= 11 is 0. The van der Waals surface area contributed by atoms with Gasteiger partial charge in [0.05, 0.1) is 17.7 Å². The molecule has 0 aliphatic heterocycles. The minimum absolute atomic E-state index is 0.0201. The van der Waals surface area contributed by atoms with Crippen LogP contribution in [0.5, 0.6) is 0 Å². The fourth-order valence-corrected chi connectivity index (χ4v) is 1.33. The quantitative estimate of drug-likeness (QED) is 0.484. The Bertz CT molecular complexity index is 480. The van der Waals surface area contributed by atoms with E-state index in [1.54, 1.807) is 12.1 Å². The average molecular weight is 266 g/mol. The molecule has 19 heavy (non-hydrogen) atoms. The molecule has 0 bridgehead atoms. The molecule has 0 amide bonds. The molecule has 1 rings (SSSR count). The van der Waals surface area contributed by atoms with Crippen molar-refractivity contribution in [2.75, 3.05) is 13.2 Å². The van der Waals surface area contributed by atoms with Crippen LogP contribution in [0.1, 0.15) is 34.1 Å². The number of rotatable bonds is 5. The first-order valence-corrected chi connectivity index (χ1v) is 5.66. The molecule has 0 aromatic heterocycles. The maximum absolute atomic E-state index is 11.7. The standard InChI is InChI=1S/C13H14O6/c1-9(15)19-13(17)11-6-3-2-5-10(11)12(16)18-8-4-7-14/h2-3,5-6,14H,4,7-8H2,1H3. The van der Waals surface area contributed by atoms with Crippen molar-refractivity contribution in [1.29, 1.82) is 0 Å². The number of hydrogen-bond acceptors (Lipinski definition) is 6. The van der Waals surface area contributed by atoms with Crippen molar-refractivity contribution in [1.82, 2.24) is 0 Å². The second kappa shape index (κ2) is 7.27. The first kappa shape index (κ1) is 14.8. The molecule has 0 unspecified atom stereocenters. The summed E-state index contributed by atoms with van der Waals surface area (Å²) in [6.07, 6.45) is 0.311. The van der Waals surface area contributed by atoms with Gasteiger partial charge in [-0.05, 0) is 12.1 Å². The molecule has 0 saturated heterocycles. The van der Waals surface area contributed by atoms with E-state index in [0.29, 0.717) is 6.42 Å². The van der Waals surface area contributed by atoms with E-state index >= 15 is 0 Å². The third-order valence-corrected chi connectivity index (χ3v) is 2.14. The van der Waals surface area contributed by atoms with Crippen LogP contribution in [-0.4, -0.2) is 36.2 Å². The maximum atomic E-state index is 11.7. The maximum Gasteiger partial charge on any atom is 0.346 e. The van der Waals surface area contributed by atoms with Gasteiger partial charge in [0.2, 0.25) is 0 Å². The van der Waals surface area contributed by atoms with Gasteiger partial charge >= 0.3 is 17.9 Å². The van der Waals surface area contributed by atoms with Gasteiger partial charge in [-0.2, -0.15) is 0 Å². The number of aliphatic hydroxyl groups excluding tert-OH is 1. The minimum Gasteiger partial charge on any atom is -0.462 e. The Morgan fingerprint density at radius 2 is 1.68 bits per heavy atom. The summed E-state index contributed by atoms with van der Waals surface area (Å²) in [6, 6.07) is 5.88. The average Bonchev–Trinajstić information content (AvgIpc) is 2.38. The molecule has 0 fully saturated rings. The van der Waals surface area contributed by atoms with Crippen molar-refractivity contribution in [3.8, 4) is 0 Å². The molecule has 0 aliphatic rings. The SMILES string of the molecule is CC(=O)OC(=O)c1ccccc1C(=O)OCCCO. The fourth-order valence-electron chi connectivity index (χ4n) is 1.33. The monoisotopic (exact) mass is 266 g/mol. The van der Waals surface area contributed by atoms with Gasteiger partial charge in [0, 0.05) is 20.0 Å². The van der Waals surface area contributed by atoms with Crippen LogP contribution >= 0.6 is 0 Å². The van der Waals surface area contributed by atoms with Crippen molar-refractivity contribution in [3.63, 3.8) is 0 Å². The summed E-state index contributed by atoms with van der Waals surface area (Å²) in [5, 5.41) is 8.59. The number of hydrogen-bond donors (Lipinski definition) is 1. The van der Waals surface area contributed by atoms with Gasteiger partial charge in [0.15, 0.2) is 0 Å². The number of carbonyl (C=O) groups excluding carboxylic acids is 3. The smallest absolute Gasteiger partial charge is 0.346 e. The van der Waals surface area contributed by atoms with E-state index in [4.69, 9.17) is 9.84 Å². The largest absolute Gasteiger partial charge is 0.462 e. The Morgan fingerprint density at radius 1 is 1.11 bits per heavy atom. The Morgan fingerprint density at radius 3 is 2.21 bits per heavy atom. The molecule has 0 spiro atoms. The van der Waals surface area contributed by atoms with Crippen LogP contribution < -0.4 is 0 Å². The van der Waals surface area contributed by atoms with E-state index in [1.807, 2.05) is 0 Å². The first-order valence-electron chi connectivity index (χ1n) is 5.66. The highest BCUT2D eigenvalue weighted by Crippen LogP contribution is 2.12. The molecule has 6 nitrogen and oxygen atoms in total. The number of aliphatic hydroxyl groups is 1. The predicted molar refractivity (Wildman–Crippen MR) is 64.5 cm³/mol. The van der Waals surface area contributed by atoms with Crippen LogP contribution in [0, 0.1) is 0 Å². The molecule has 102 valence electrons. The van der Waals surface area contributed by atoms with E-state index in [-0.39, 0.29) is 24.3 Å². The first-order chi connectivity index (χ1) is 9.06. The molecule has 0 radical (unpaired) electrons. The van der Waals surface area contributed by atoms with Crippen LogP contribution in [0.3, 0.4) is 0 Å². The summed E-state index contributed by atoms with van der Waals surface area (Å²) in [5.41, 5.74) is -0.0154. The van der Waals surface area contributed by atoms with Crippen molar-refractivity contribution in [2.24, 2.45) is 0 Å². The lowest BCUT2D eigenvalue weighted by Crippen LogP contribution is -2.16. The molecule has 1 aromatic carbocycles. The number of esters is 3. The molecule has 0 heterocycles. The Balaban J connectivity index is 2.86. The Hall–Kier alpha value is -2.21. The second-order valence-electron chi connectivity index (χ2n) is 3.64. The zero-order chi connectivity index (χ0) is 14.3. The highest BCUT2D eigenvalue weighted by atomic mass is 16.6. The number of carbonyl (C=O) groups is 3. The molecule has 6 heteroatoms. The molecular weight excluding hydrogens is 252 g/mol. The number of ether oxygens (including phenoxy) is 2. The summed E-state index contributed by atoms with van der Waals surface area (Å²) in [4.78, 5) is 34.1. The summed E-state index contributed by atoms with van der Waals surface area (Å²) in [5.74, 6) is -2.36. The lowest BCUT2D eigenvalue weighted by Gasteiger charge is -2.07.